The van der Waals surface area contributed by atoms with Gasteiger partial charge in [-0.3, -0.25) is 4.99 Å². The van der Waals surface area contributed by atoms with Crippen molar-refractivity contribution in [2.45, 2.75) is 25.9 Å². The van der Waals surface area contributed by atoms with E-state index in [9.17, 15) is 0 Å². The van der Waals surface area contributed by atoms with Crippen LogP contribution in [0, 0.1) is 0 Å². The molecule has 0 aromatic heterocycles. The number of nitrogens with zero attached hydrogens (tertiary/aromatic N) is 2. The molecular formula is C15H25ClN4. The molecule has 0 fully saturated rings. The van der Waals surface area contributed by atoms with E-state index in [1.807, 2.05) is 24.3 Å². The quantitative estimate of drug-likeness (QED) is 0.647. The fourth-order valence-electron chi connectivity index (χ4n) is 1.51. The second kappa shape index (κ2) is 7.50. The van der Waals surface area contributed by atoms with Gasteiger partial charge in [-0.05, 0) is 45.6 Å². The summed E-state index contributed by atoms with van der Waals surface area (Å²) in [6, 6.07) is 7.81. The van der Waals surface area contributed by atoms with Crippen molar-refractivity contribution in [2.75, 3.05) is 27.7 Å². The van der Waals surface area contributed by atoms with E-state index >= 15 is 0 Å². The fourth-order valence-corrected chi connectivity index (χ4v) is 1.72. The minimum absolute atomic E-state index is 0.0632. The summed E-state index contributed by atoms with van der Waals surface area (Å²) in [4.78, 5) is 6.42. The average molecular weight is 297 g/mol. The fraction of sp³-hybridized carbons (Fsp3) is 0.533. The number of aliphatic imine (C=N–C) groups is 1. The summed E-state index contributed by atoms with van der Waals surface area (Å²) < 4.78 is 0. The molecule has 2 N–H and O–H groups in total. The molecule has 0 radical (unpaired) electrons. The smallest absolute Gasteiger partial charge is 0.191 e. The zero-order valence-corrected chi connectivity index (χ0v) is 13.8. The van der Waals surface area contributed by atoms with E-state index in [2.05, 4.69) is 48.5 Å². The summed E-state index contributed by atoms with van der Waals surface area (Å²) in [5, 5.41) is 7.38. The van der Waals surface area contributed by atoms with Crippen LogP contribution in [0.2, 0.25) is 5.02 Å². The van der Waals surface area contributed by atoms with Crippen LogP contribution in [-0.4, -0.2) is 44.1 Å². The normalized spacial score (nSPS) is 12.7. The van der Waals surface area contributed by atoms with Crippen molar-refractivity contribution in [1.82, 2.24) is 15.5 Å². The molecule has 0 bridgehead atoms. The number of benzene rings is 1. The van der Waals surface area contributed by atoms with Crippen molar-refractivity contribution in [3.63, 3.8) is 0 Å². The molecule has 1 aromatic carbocycles. The molecule has 0 saturated heterocycles. The monoisotopic (exact) mass is 296 g/mol. The predicted molar refractivity (Wildman–Crippen MR) is 87.4 cm³/mol. The Balaban J connectivity index is 2.49. The summed E-state index contributed by atoms with van der Waals surface area (Å²) in [6.07, 6.45) is 0. The van der Waals surface area contributed by atoms with E-state index in [-0.39, 0.29) is 5.54 Å². The van der Waals surface area contributed by atoms with E-state index in [1.54, 1.807) is 7.05 Å². The van der Waals surface area contributed by atoms with Crippen LogP contribution in [0.25, 0.3) is 0 Å². The lowest BCUT2D eigenvalue weighted by molar-refractivity contribution is 0.197. The van der Waals surface area contributed by atoms with Gasteiger partial charge in [0.1, 0.15) is 0 Å². The molecule has 4 nitrogen and oxygen atoms in total. The van der Waals surface area contributed by atoms with Gasteiger partial charge in [0.25, 0.3) is 0 Å². The lowest BCUT2D eigenvalue weighted by atomic mass is 10.0. The van der Waals surface area contributed by atoms with Crippen molar-refractivity contribution >= 4 is 17.6 Å². The van der Waals surface area contributed by atoms with Crippen molar-refractivity contribution in [2.24, 2.45) is 4.99 Å². The number of halogens is 1. The molecule has 5 heteroatoms. The molecule has 0 aliphatic rings. The number of nitrogens with one attached hydrogen (secondary N) is 2. The van der Waals surface area contributed by atoms with Crippen LogP contribution < -0.4 is 10.6 Å². The molecule has 0 heterocycles. The molecule has 0 atom stereocenters. The minimum Gasteiger partial charge on any atom is -0.355 e. The van der Waals surface area contributed by atoms with Crippen LogP contribution in [0.5, 0.6) is 0 Å². The molecule has 112 valence electrons. The van der Waals surface area contributed by atoms with E-state index in [1.165, 1.54) is 0 Å². The number of hydrogen-bond acceptors (Lipinski definition) is 2. The van der Waals surface area contributed by atoms with Gasteiger partial charge in [-0.25, -0.2) is 0 Å². The maximum Gasteiger partial charge on any atom is 0.191 e. The Morgan fingerprint density at radius 3 is 2.55 bits per heavy atom. The van der Waals surface area contributed by atoms with Crippen molar-refractivity contribution in [3.8, 4) is 0 Å². The second-order valence-corrected chi connectivity index (χ2v) is 6.05. The predicted octanol–water partition coefficient (Wildman–Crippen LogP) is 2.35. The van der Waals surface area contributed by atoms with Crippen molar-refractivity contribution < 1.29 is 0 Å². The molecule has 0 saturated carbocycles. The van der Waals surface area contributed by atoms with Crippen molar-refractivity contribution in [3.05, 3.63) is 34.9 Å². The SMILES string of the molecule is CN=C(NCc1cccc(Cl)c1)NCC(C)(C)N(C)C. The minimum atomic E-state index is 0.0632. The first-order valence-corrected chi connectivity index (χ1v) is 7.09. The molecule has 1 rings (SSSR count). The third kappa shape index (κ3) is 5.39. The highest BCUT2D eigenvalue weighted by molar-refractivity contribution is 6.30. The maximum absolute atomic E-state index is 5.97. The first kappa shape index (κ1) is 16.8. The standard InChI is InChI=1S/C15H25ClN4/c1-15(2,20(4)5)11-19-14(17-3)18-10-12-7-6-8-13(16)9-12/h6-9H,10-11H2,1-5H3,(H2,17,18,19). The van der Waals surface area contributed by atoms with Crippen LogP contribution >= 0.6 is 11.6 Å². The van der Waals surface area contributed by atoms with Crippen LogP contribution in [0.4, 0.5) is 0 Å². The van der Waals surface area contributed by atoms with E-state index in [0.717, 1.165) is 23.1 Å². The summed E-state index contributed by atoms with van der Waals surface area (Å²) in [6.45, 7) is 5.88. The second-order valence-electron chi connectivity index (χ2n) is 5.62. The van der Waals surface area contributed by atoms with E-state index in [4.69, 9.17) is 11.6 Å². The highest BCUT2D eigenvalue weighted by Crippen LogP contribution is 2.10. The van der Waals surface area contributed by atoms with Gasteiger partial charge >= 0.3 is 0 Å². The summed E-state index contributed by atoms with van der Waals surface area (Å²) in [7, 11) is 5.92. The highest BCUT2D eigenvalue weighted by atomic mass is 35.5. The van der Waals surface area contributed by atoms with Crippen LogP contribution in [0.3, 0.4) is 0 Å². The van der Waals surface area contributed by atoms with Gasteiger partial charge in [0.2, 0.25) is 0 Å². The van der Waals surface area contributed by atoms with Crippen LogP contribution in [-0.2, 0) is 6.54 Å². The molecule has 20 heavy (non-hydrogen) atoms. The number of likely N-dealkylation sites (N-methyl/N-ethyl adjacent to an activating group) is 1. The highest BCUT2D eigenvalue weighted by Gasteiger charge is 2.20. The number of hydrogen-bond donors (Lipinski definition) is 2. The molecule has 0 spiro atoms. The zero-order chi connectivity index (χ0) is 15.2. The Hall–Kier alpha value is -1.26. The largest absolute Gasteiger partial charge is 0.355 e. The summed E-state index contributed by atoms with van der Waals surface area (Å²) in [5.41, 5.74) is 1.19. The van der Waals surface area contributed by atoms with Gasteiger partial charge in [-0.1, -0.05) is 23.7 Å². The number of guanidine groups is 1. The van der Waals surface area contributed by atoms with Gasteiger partial charge in [0.05, 0.1) is 0 Å². The molecule has 0 aliphatic carbocycles. The maximum atomic E-state index is 5.97. The Morgan fingerprint density at radius 2 is 2.00 bits per heavy atom. The van der Waals surface area contributed by atoms with E-state index < -0.39 is 0 Å². The first-order chi connectivity index (χ1) is 9.35. The first-order valence-electron chi connectivity index (χ1n) is 6.71. The number of rotatable bonds is 5. The average Bonchev–Trinajstić information content (AvgIpc) is 2.38. The Bertz CT molecular complexity index is 455. The van der Waals surface area contributed by atoms with Gasteiger partial charge in [-0.2, -0.15) is 0 Å². The molecule has 0 amide bonds. The Labute approximate surface area is 127 Å². The Kier molecular flexibility index (Phi) is 6.30. The molecule has 0 unspecified atom stereocenters. The molecule has 0 aliphatic heterocycles. The zero-order valence-electron chi connectivity index (χ0n) is 13.0. The van der Waals surface area contributed by atoms with Gasteiger partial charge < -0.3 is 15.5 Å². The van der Waals surface area contributed by atoms with Crippen LogP contribution in [0.15, 0.2) is 29.3 Å². The van der Waals surface area contributed by atoms with Gasteiger partial charge in [0.15, 0.2) is 5.96 Å². The Morgan fingerprint density at radius 1 is 1.30 bits per heavy atom. The summed E-state index contributed by atoms with van der Waals surface area (Å²) in [5.74, 6) is 0.792. The van der Waals surface area contributed by atoms with Gasteiger partial charge in [-0.15, -0.1) is 0 Å². The lowest BCUT2D eigenvalue weighted by Gasteiger charge is -2.33. The molecule has 1 aromatic rings. The van der Waals surface area contributed by atoms with Crippen LogP contribution in [0.1, 0.15) is 19.4 Å². The third-order valence-corrected chi connectivity index (χ3v) is 3.71. The van der Waals surface area contributed by atoms with Crippen molar-refractivity contribution in [1.29, 1.82) is 0 Å². The van der Waals surface area contributed by atoms with E-state index in [0.29, 0.717) is 6.54 Å². The molecular weight excluding hydrogens is 272 g/mol. The topological polar surface area (TPSA) is 39.7 Å². The summed E-state index contributed by atoms with van der Waals surface area (Å²) >= 11 is 5.97. The lowest BCUT2D eigenvalue weighted by Crippen LogP contribution is -2.50. The van der Waals surface area contributed by atoms with Gasteiger partial charge in [0, 0.05) is 30.7 Å². The third-order valence-electron chi connectivity index (χ3n) is 3.47.